The van der Waals surface area contributed by atoms with Crippen molar-refractivity contribution in [3.63, 3.8) is 0 Å². The average Bonchev–Trinajstić information content (AvgIpc) is 2.79. The molecule has 1 N–H and O–H groups in total. The summed E-state index contributed by atoms with van der Waals surface area (Å²) in [4.78, 5) is 15.4. The van der Waals surface area contributed by atoms with Crippen LogP contribution in [0.1, 0.15) is 41.2 Å². The molecule has 1 aliphatic rings. The third-order valence-corrected chi connectivity index (χ3v) is 5.72. The van der Waals surface area contributed by atoms with Gasteiger partial charge in [-0.1, -0.05) is 30.2 Å². The molecule has 1 aliphatic heterocycles. The molecule has 0 spiro atoms. The topological polar surface area (TPSA) is 60.0 Å². The Morgan fingerprint density at radius 3 is 2.13 bits per heavy atom. The van der Waals surface area contributed by atoms with Crippen LogP contribution in [0.15, 0.2) is 36.4 Å². The molecule has 0 bridgehead atoms. The summed E-state index contributed by atoms with van der Waals surface area (Å²) in [6.07, 6.45) is 3.59. The molecule has 3 rings (SSSR count). The maximum absolute atomic E-state index is 13.0. The zero-order valence-electron chi connectivity index (χ0n) is 17.7. The second-order valence-corrected chi connectivity index (χ2v) is 7.72. The largest absolute Gasteiger partial charge is 0.493 e. The van der Waals surface area contributed by atoms with E-state index in [1.54, 1.807) is 12.1 Å². The molecular formula is C23H29ClN2O4. The van der Waals surface area contributed by atoms with E-state index in [1.807, 2.05) is 24.3 Å². The van der Waals surface area contributed by atoms with Gasteiger partial charge in [0.15, 0.2) is 11.5 Å². The molecule has 1 atom stereocenters. The van der Waals surface area contributed by atoms with E-state index < -0.39 is 0 Å². The van der Waals surface area contributed by atoms with Crippen LogP contribution in [0.3, 0.4) is 0 Å². The Morgan fingerprint density at radius 1 is 1.00 bits per heavy atom. The lowest BCUT2D eigenvalue weighted by Crippen LogP contribution is -2.40. The van der Waals surface area contributed by atoms with E-state index in [-0.39, 0.29) is 11.9 Å². The van der Waals surface area contributed by atoms with Gasteiger partial charge < -0.3 is 19.5 Å². The van der Waals surface area contributed by atoms with E-state index >= 15 is 0 Å². The summed E-state index contributed by atoms with van der Waals surface area (Å²) >= 11 is 6.07. The molecular weight excluding hydrogens is 404 g/mol. The second-order valence-electron chi connectivity index (χ2n) is 7.29. The van der Waals surface area contributed by atoms with Gasteiger partial charge in [0, 0.05) is 17.1 Å². The first-order valence-electron chi connectivity index (χ1n) is 10.1. The molecule has 0 saturated carbocycles. The van der Waals surface area contributed by atoms with Gasteiger partial charge in [-0.2, -0.15) is 0 Å². The van der Waals surface area contributed by atoms with E-state index in [1.165, 1.54) is 40.6 Å². The van der Waals surface area contributed by atoms with Crippen LogP contribution in [0, 0.1) is 0 Å². The molecule has 1 heterocycles. The number of nitrogens with one attached hydrogen (secondary N) is 1. The summed E-state index contributed by atoms with van der Waals surface area (Å²) in [6.45, 7) is 2.54. The zero-order valence-corrected chi connectivity index (χ0v) is 18.5. The van der Waals surface area contributed by atoms with Gasteiger partial charge in [0.25, 0.3) is 5.91 Å². The van der Waals surface area contributed by atoms with Gasteiger partial charge in [0.05, 0.1) is 27.4 Å². The van der Waals surface area contributed by atoms with Crippen LogP contribution in [-0.2, 0) is 0 Å². The van der Waals surface area contributed by atoms with Gasteiger partial charge in [-0.25, -0.2) is 0 Å². The van der Waals surface area contributed by atoms with Gasteiger partial charge in [-0.15, -0.1) is 0 Å². The van der Waals surface area contributed by atoms with Gasteiger partial charge in [-0.3, -0.25) is 9.69 Å². The summed E-state index contributed by atoms with van der Waals surface area (Å²) in [5.74, 6) is 1.17. The fraction of sp³-hybridized carbons (Fsp3) is 0.435. The number of benzene rings is 2. The van der Waals surface area contributed by atoms with Gasteiger partial charge in [-0.05, 0) is 55.8 Å². The van der Waals surface area contributed by atoms with E-state index in [4.69, 9.17) is 25.8 Å². The average molecular weight is 433 g/mol. The number of hydrogen-bond donors (Lipinski definition) is 1. The summed E-state index contributed by atoms with van der Waals surface area (Å²) < 4.78 is 16.1. The summed E-state index contributed by atoms with van der Waals surface area (Å²) in [6, 6.07) is 11.3. The predicted molar refractivity (Wildman–Crippen MR) is 118 cm³/mol. The van der Waals surface area contributed by atoms with E-state index in [9.17, 15) is 4.79 Å². The number of halogens is 1. The zero-order chi connectivity index (χ0) is 21.5. The molecule has 1 fully saturated rings. The lowest BCUT2D eigenvalue weighted by molar-refractivity contribution is 0.0923. The van der Waals surface area contributed by atoms with Crippen molar-refractivity contribution >= 4 is 17.5 Å². The van der Waals surface area contributed by atoms with E-state index in [2.05, 4.69) is 10.2 Å². The molecule has 30 heavy (non-hydrogen) atoms. The maximum atomic E-state index is 13.0. The third kappa shape index (κ3) is 5.18. The van der Waals surface area contributed by atoms with Gasteiger partial charge in [0.1, 0.15) is 0 Å². The van der Waals surface area contributed by atoms with Crippen LogP contribution in [0.4, 0.5) is 0 Å². The van der Waals surface area contributed by atoms with Gasteiger partial charge in [0.2, 0.25) is 5.75 Å². The first-order chi connectivity index (χ1) is 14.6. The summed E-state index contributed by atoms with van der Waals surface area (Å²) in [7, 11) is 4.60. The monoisotopic (exact) mass is 432 g/mol. The minimum Gasteiger partial charge on any atom is -0.493 e. The lowest BCUT2D eigenvalue weighted by Gasteiger charge is -2.35. The molecule has 6 nitrogen and oxygen atoms in total. The normalized spacial score (nSPS) is 15.3. The number of amides is 1. The van der Waals surface area contributed by atoms with Crippen molar-refractivity contribution < 1.29 is 19.0 Å². The SMILES string of the molecule is COc1cc(C(=O)NCC(c2ccc(Cl)cc2)N2CCCCC2)cc(OC)c1OC. The third-order valence-electron chi connectivity index (χ3n) is 5.47. The van der Waals surface area contributed by atoms with Crippen molar-refractivity contribution in [3.05, 3.63) is 52.5 Å². The van der Waals surface area contributed by atoms with E-state index in [0.717, 1.165) is 18.7 Å². The van der Waals surface area contributed by atoms with Crippen molar-refractivity contribution in [1.29, 1.82) is 0 Å². The first kappa shape index (κ1) is 22.2. The predicted octanol–water partition coefficient (Wildman–Crippen LogP) is 4.32. The number of rotatable bonds is 8. The van der Waals surface area contributed by atoms with Crippen LogP contribution in [0.5, 0.6) is 17.2 Å². The highest BCUT2D eigenvalue weighted by Gasteiger charge is 2.24. The Bertz CT molecular complexity index is 826. The number of likely N-dealkylation sites (tertiary alicyclic amines) is 1. The van der Waals surface area contributed by atoms with Crippen molar-refractivity contribution in [2.45, 2.75) is 25.3 Å². The Hall–Kier alpha value is -2.44. The lowest BCUT2D eigenvalue weighted by atomic mass is 10.0. The summed E-state index contributed by atoms with van der Waals surface area (Å²) in [5.41, 5.74) is 1.60. The Balaban J connectivity index is 1.79. The quantitative estimate of drug-likeness (QED) is 0.673. The van der Waals surface area contributed by atoms with Gasteiger partial charge >= 0.3 is 0 Å². The highest BCUT2D eigenvalue weighted by molar-refractivity contribution is 6.30. The standard InChI is InChI=1S/C23H29ClN2O4/c1-28-20-13-17(14-21(29-2)22(20)30-3)23(27)25-15-19(26-11-5-4-6-12-26)16-7-9-18(24)10-8-16/h7-10,13-14,19H,4-6,11-12,15H2,1-3H3,(H,25,27). The Labute approximate surface area is 183 Å². The van der Waals surface area contributed by atoms with Crippen LogP contribution in [0.2, 0.25) is 5.02 Å². The van der Waals surface area contributed by atoms with Crippen molar-refractivity contribution in [3.8, 4) is 17.2 Å². The molecule has 1 unspecified atom stereocenters. The highest BCUT2D eigenvalue weighted by atomic mass is 35.5. The number of ether oxygens (including phenoxy) is 3. The van der Waals surface area contributed by atoms with Crippen molar-refractivity contribution in [2.75, 3.05) is 41.0 Å². The van der Waals surface area contributed by atoms with Crippen molar-refractivity contribution in [1.82, 2.24) is 10.2 Å². The maximum Gasteiger partial charge on any atom is 0.251 e. The van der Waals surface area contributed by atoms with Crippen LogP contribution >= 0.6 is 11.6 Å². The van der Waals surface area contributed by atoms with Crippen LogP contribution in [0.25, 0.3) is 0 Å². The highest BCUT2D eigenvalue weighted by Crippen LogP contribution is 2.38. The molecule has 1 saturated heterocycles. The number of methoxy groups -OCH3 is 3. The summed E-state index contributed by atoms with van der Waals surface area (Å²) in [5, 5.41) is 3.79. The minimum atomic E-state index is -0.190. The molecule has 7 heteroatoms. The number of nitrogens with zero attached hydrogens (tertiary/aromatic N) is 1. The molecule has 2 aromatic carbocycles. The van der Waals surface area contributed by atoms with Crippen LogP contribution < -0.4 is 19.5 Å². The fourth-order valence-electron chi connectivity index (χ4n) is 3.88. The molecule has 2 aromatic rings. The second kappa shape index (κ2) is 10.5. The molecule has 0 aromatic heterocycles. The fourth-order valence-corrected chi connectivity index (χ4v) is 4.00. The number of carbonyl (C=O) groups is 1. The van der Waals surface area contributed by atoms with Crippen LogP contribution in [-0.4, -0.2) is 51.8 Å². The van der Waals surface area contributed by atoms with E-state index in [0.29, 0.717) is 34.4 Å². The number of hydrogen-bond acceptors (Lipinski definition) is 5. The number of piperidine rings is 1. The molecule has 1 amide bonds. The number of carbonyl (C=O) groups excluding carboxylic acids is 1. The first-order valence-corrected chi connectivity index (χ1v) is 10.5. The Morgan fingerprint density at radius 2 is 1.60 bits per heavy atom. The molecule has 162 valence electrons. The minimum absolute atomic E-state index is 0.0913. The molecule has 0 aliphatic carbocycles. The molecule has 0 radical (unpaired) electrons. The Kier molecular flexibility index (Phi) is 7.82. The van der Waals surface area contributed by atoms with Crippen molar-refractivity contribution in [2.24, 2.45) is 0 Å². The smallest absolute Gasteiger partial charge is 0.251 e.